The molecular weight excluding hydrogens is 531 g/mol. The van der Waals surface area contributed by atoms with Gasteiger partial charge in [0.15, 0.2) is 11.6 Å². The first-order chi connectivity index (χ1) is 18.6. The molecule has 0 saturated heterocycles. The number of ketones is 1. The van der Waals surface area contributed by atoms with Crippen LogP contribution < -0.4 is 4.74 Å². The Morgan fingerprint density at radius 3 is 2.62 bits per heavy atom. The van der Waals surface area contributed by atoms with Crippen LogP contribution in [-0.2, 0) is 25.8 Å². The Morgan fingerprint density at radius 1 is 1.15 bits per heavy atom. The van der Waals surface area contributed by atoms with E-state index in [1.165, 1.54) is 0 Å². The number of hydrogen-bond acceptors (Lipinski definition) is 6. The molecule has 1 N–H and O–H groups in total. The molecule has 3 aromatic rings. The topological polar surface area (TPSA) is 84.0 Å². The minimum Gasteiger partial charge on any atom is -0.417 e. The lowest BCUT2D eigenvalue weighted by Gasteiger charge is -2.28. The summed E-state index contributed by atoms with van der Waals surface area (Å²) in [5.74, 6) is -1.07. The smallest absolute Gasteiger partial charge is 0.258 e. The van der Waals surface area contributed by atoms with Gasteiger partial charge in [0.05, 0.1) is 23.5 Å². The Balaban J connectivity index is 1.58. The number of carbonyl (C=O) groups excluding carboxylic acids is 1. The Hall–Kier alpha value is -2.98. The lowest BCUT2D eigenvalue weighted by molar-refractivity contribution is 0.0810. The maximum atomic E-state index is 16.2. The molecule has 7 nitrogen and oxygen atoms in total. The summed E-state index contributed by atoms with van der Waals surface area (Å²) < 4.78 is 48.2. The van der Waals surface area contributed by atoms with Gasteiger partial charge in [0.2, 0.25) is 11.2 Å². The van der Waals surface area contributed by atoms with Crippen LogP contribution in [0.1, 0.15) is 78.5 Å². The molecule has 208 valence electrons. The van der Waals surface area contributed by atoms with Crippen molar-refractivity contribution >= 4 is 17.4 Å². The normalized spacial score (nSPS) is 15.7. The number of Topliss-reactive ketones (excluding diaryl/α,β-unsaturated/α-hetero) is 1. The van der Waals surface area contributed by atoms with Crippen LogP contribution in [0.4, 0.5) is 13.2 Å². The van der Waals surface area contributed by atoms with Crippen LogP contribution in [0.3, 0.4) is 0 Å². The minimum absolute atomic E-state index is 0.00574. The standard InChI is InChI=1S/C28H31ClF3N5O2/c1-5-14(4)23-21(25(38)13(2)3)16-7-6-15-10-33-27(22(32)20(15)24(16)35-23)39-26-17-11-37(12-19(30)31)9-8-18(17)34-28(29)36-26/h10,13-14,19,35H,5-9,11-12H2,1-4H3. The molecule has 1 aliphatic heterocycles. The van der Waals surface area contributed by atoms with Crippen molar-refractivity contribution in [2.45, 2.75) is 72.3 Å². The number of aromatic nitrogens is 4. The molecule has 0 amide bonds. The fraction of sp³-hybridized carbons (Fsp3) is 0.500. The zero-order valence-electron chi connectivity index (χ0n) is 22.4. The third kappa shape index (κ3) is 5.16. The number of nitrogens with one attached hydrogen (secondary N) is 1. The number of nitrogens with zero attached hydrogens (tertiary/aromatic N) is 4. The molecule has 5 rings (SSSR count). The number of ether oxygens (including phenoxy) is 1. The molecule has 0 spiro atoms. The van der Waals surface area contributed by atoms with Gasteiger partial charge in [0, 0.05) is 48.4 Å². The summed E-state index contributed by atoms with van der Waals surface area (Å²) in [5, 5.41) is -0.0777. The van der Waals surface area contributed by atoms with Gasteiger partial charge in [-0.1, -0.05) is 27.7 Å². The Bertz CT molecular complexity index is 1420. The number of H-pyrrole nitrogens is 1. The monoisotopic (exact) mass is 561 g/mol. The van der Waals surface area contributed by atoms with E-state index in [1.807, 2.05) is 20.8 Å². The van der Waals surface area contributed by atoms with Crippen molar-refractivity contribution in [2.24, 2.45) is 5.92 Å². The molecule has 0 saturated carbocycles. The molecule has 4 heterocycles. The zero-order chi connectivity index (χ0) is 28.0. The number of fused-ring (bicyclic) bond motifs is 4. The van der Waals surface area contributed by atoms with E-state index >= 15 is 4.39 Å². The summed E-state index contributed by atoms with van der Waals surface area (Å²) in [4.78, 5) is 30.8. The highest BCUT2D eigenvalue weighted by atomic mass is 35.5. The van der Waals surface area contributed by atoms with Crippen LogP contribution in [0.25, 0.3) is 11.3 Å². The van der Waals surface area contributed by atoms with Crippen LogP contribution in [0.2, 0.25) is 5.28 Å². The largest absolute Gasteiger partial charge is 0.417 e. The molecule has 0 aromatic carbocycles. The zero-order valence-corrected chi connectivity index (χ0v) is 23.1. The molecule has 1 atom stereocenters. The number of aryl methyl sites for hydroxylation is 1. The van der Waals surface area contributed by atoms with E-state index in [4.69, 9.17) is 16.3 Å². The third-order valence-corrected chi connectivity index (χ3v) is 7.80. The molecule has 11 heteroatoms. The summed E-state index contributed by atoms with van der Waals surface area (Å²) in [6.07, 6.45) is 1.41. The van der Waals surface area contributed by atoms with Crippen LogP contribution in [0, 0.1) is 11.7 Å². The fourth-order valence-corrected chi connectivity index (χ4v) is 5.58. The van der Waals surface area contributed by atoms with Crippen molar-refractivity contribution in [3.8, 4) is 23.0 Å². The second-order valence-electron chi connectivity index (χ2n) is 10.6. The van der Waals surface area contributed by atoms with Gasteiger partial charge in [-0.3, -0.25) is 9.69 Å². The predicted octanol–water partition coefficient (Wildman–Crippen LogP) is 6.53. The number of rotatable bonds is 8. The summed E-state index contributed by atoms with van der Waals surface area (Å²) in [5.41, 5.74) is 4.97. The summed E-state index contributed by atoms with van der Waals surface area (Å²) in [6.45, 7) is 7.94. The van der Waals surface area contributed by atoms with Gasteiger partial charge < -0.3 is 9.72 Å². The van der Waals surface area contributed by atoms with Gasteiger partial charge in [-0.2, -0.15) is 4.98 Å². The lowest BCUT2D eigenvalue weighted by atomic mass is 9.85. The second kappa shape index (κ2) is 10.9. The van der Waals surface area contributed by atoms with Gasteiger partial charge in [0.1, 0.15) is 0 Å². The molecule has 3 aromatic heterocycles. The van der Waals surface area contributed by atoms with E-state index in [0.717, 1.165) is 17.7 Å². The van der Waals surface area contributed by atoms with Crippen LogP contribution in [0.15, 0.2) is 6.20 Å². The highest BCUT2D eigenvalue weighted by Gasteiger charge is 2.33. The number of aromatic amines is 1. The van der Waals surface area contributed by atoms with Crippen molar-refractivity contribution in [2.75, 3.05) is 13.1 Å². The van der Waals surface area contributed by atoms with Crippen molar-refractivity contribution < 1.29 is 22.7 Å². The maximum absolute atomic E-state index is 16.2. The lowest BCUT2D eigenvalue weighted by Crippen LogP contribution is -2.35. The molecule has 2 aliphatic rings. The van der Waals surface area contributed by atoms with Crippen LogP contribution in [0.5, 0.6) is 11.8 Å². The fourth-order valence-electron chi connectivity index (χ4n) is 5.40. The second-order valence-corrected chi connectivity index (χ2v) is 10.9. The van der Waals surface area contributed by atoms with Gasteiger partial charge in [-0.25, -0.2) is 23.1 Å². The number of carbonyl (C=O) groups is 1. The van der Waals surface area contributed by atoms with Crippen molar-refractivity contribution in [1.29, 1.82) is 0 Å². The highest BCUT2D eigenvalue weighted by Crippen LogP contribution is 2.43. The van der Waals surface area contributed by atoms with E-state index in [2.05, 4.69) is 26.9 Å². The van der Waals surface area contributed by atoms with Crippen LogP contribution >= 0.6 is 11.6 Å². The Kier molecular flexibility index (Phi) is 7.70. The molecule has 0 fully saturated rings. The van der Waals surface area contributed by atoms with Crippen molar-refractivity contribution in [3.63, 3.8) is 0 Å². The van der Waals surface area contributed by atoms with E-state index < -0.39 is 18.8 Å². The Morgan fingerprint density at radius 2 is 1.92 bits per heavy atom. The molecule has 1 aliphatic carbocycles. The van der Waals surface area contributed by atoms with Gasteiger partial charge in [0.25, 0.3) is 12.3 Å². The van der Waals surface area contributed by atoms with E-state index in [-0.39, 0.29) is 41.2 Å². The first-order valence-corrected chi connectivity index (χ1v) is 13.7. The molecule has 0 bridgehead atoms. The summed E-state index contributed by atoms with van der Waals surface area (Å²) in [6, 6.07) is 0. The minimum atomic E-state index is -2.49. The number of hydrogen-bond donors (Lipinski definition) is 1. The van der Waals surface area contributed by atoms with E-state index in [1.54, 1.807) is 11.1 Å². The summed E-state index contributed by atoms with van der Waals surface area (Å²) >= 11 is 6.12. The molecule has 39 heavy (non-hydrogen) atoms. The predicted molar refractivity (Wildman–Crippen MR) is 141 cm³/mol. The van der Waals surface area contributed by atoms with E-state index in [0.29, 0.717) is 59.4 Å². The average Bonchev–Trinajstić information content (AvgIpc) is 3.28. The number of alkyl halides is 2. The first-order valence-electron chi connectivity index (χ1n) is 13.3. The molecule has 1 unspecified atom stereocenters. The van der Waals surface area contributed by atoms with Gasteiger partial charge in [-0.05, 0) is 47.9 Å². The molecular formula is C28H31ClF3N5O2. The quantitative estimate of drug-likeness (QED) is 0.249. The Labute approximate surface area is 230 Å². The third-order valence-electron chi connectivity index (χ3n) is 7.63. The van der Waals surface area contributed by atoms with Crippen molar-refractivity contribution in [3.05, 3.63) is 50.9 Å². The number of halogens is 4. The first kappa shape index (κ1) is 27.6. The average molecular weight is 562 g/mol. The summed E-state index contributed by atoms with van der Waals surface area (Å²) in [7, 11) is 0. The maximum Gasteiger partial charge on any atom is 0.258 e. The SMILES string of the molecule is CCC(C)c1[nH]c2c(c1C(=O)C(C)C)CCc1cnc(Oc3nc(Cl)nc4c3CN(CC(F)F)CC4)c(F)c1-2. The van der Waals surface area contributed by atoms with Gasteiger partial charge >= 0.3 is 0 Å². The van der Waals surface area contributed by atoms with Crippen molar-refractivity contribution in [1.82, 2.24) is 24.8 Å². The van der Waals surface area contributed by atoms with Crippen LogP contribution in [-0.4, -0.2) is 50.1 Å². The van der Waals surface area contributed by atoms with Gasteiger partial charge in [-0.15, -0.1) is 0 Å². The highest BCUT2D eigenvalue weighted by molar-refractivity contribution is 6.28. The van der Waals surface area contributed by atoms with E-state index in [9.17, 15) is 13.6 Å². The number of pyridine rings is 1. The molecule has 0 radical (unpaired) electrons.